The van der Waals surface area contributed by atoms with Crippen LogP contribution in [-0.4, -0.2) is 33.9 Å². The van der Waals surface area contributed by atoms with Crippen molar-refractivity contribution in [3.05, 3.63) is 0 Å². The highest BCUT2D eigenvalue weighted by Crippen LogP contribution is 2.32. The molecule has 0 bridgehead atoms. The normalized spacial score (nSPS) is 32.4. The molecule has 17 heavy (non-hydrogen) atoms. The molecule has 0 spiro atoms. The molecular weight excluding hydrogens is 218 g/mol. The van der Waals surface area contributed by atoms with Gasteiger partial charge in [-0.1, -0.05) is 25.7 Å². The lowest BCUT2D eigenvalue weighted by atomic mass is 9.91. The molecule has 3 N–H and O–H groups in total. The lowest BCUT2D eigenvalue weighted by Crippen LogP contribution is -2.47. The average molecular weight is 241 g/mol. The molecule has 0 aromatic heterocycles. The fourth-order valence-electron chi connectivity index (χ4n) is 3.05. The van der Waals surface area contributed by atoms with E-state index >= 15 is 0 Å². The Labute approximate surface area is 102 Å². The second-order valence-corrected chi connectivity index (χ2v) is 5.63. The van der Waals surface area contributed by atoms with Gasteiger partial charge in [-0.3, -0.25) is 4.79 Å². The van der Waals surface area contributed by atoms with Crippen molar-refractivity contribution in [3.8, 4) is 0 Å². The van der Waals surface area contributed by atoms with Crippen molar-refractivity contribution in [2.24, 2.45) is 0 Å². The van der Waals surface area contributed by atoms with Crippen molar-refractivity contribution in [1.29, 1.82) is 0 Å². The summed E-state index contributed by atoms with van der Waals surface area (Å²) in [5.74, 6) is -0.111. The Morgan fingerprint density at radius 1 is 1.18 bits per heavy atom. The van der Waals surface area contributed by atoms with Gasteiger partial charge < -0.3 is 15.5 Å². The first-order chi connectivity index (χ1) is 8.09. The third-order valence-electron chi connectivity index (χ3n) is 4.10. The highest BCUT2D eigenvalue weighted by atomic mass is 16.3. The number of carbonyl (C=O) groups excluding carboxylic acids is 1. The standard InChI is InChI=1S/C13H23NO3/c15-11-6-2-1-5-10(11)14-12(16)9-13(17)7-3-4-8-13/h10-11,15,17H,1-9H2,(H,14,16). The number of carbonyl (C=O) groups is 1. The van der Waals surface area contributed by atoms with E-state index in [-0.39, 0.29) is 18.4 Å². The van der Waals surface area contributed by atoms with Crippen molar-refractivity contribution >= 4 is 5.91 Å². The number of nitrogens with one attached hydrogen (secondary N) is 1. The summed E-state index contributed by atoms with van der Waals surface area (Å²) in [4.78, 5) is 11.8. The fourth-order valence-corrected chi connectivity index (χ4v) is 3.05. The number of hydrogen-bond donors (Lipinski definition) is 3. The molecule has 4 heteroatoms. The molecular formula is C13H23NO3. The van der Waals surface area contributed by atoms with Crippen LogP contribution >= 0.6 is 0 Å². The molecule has 0 radical (unpaired) electrons. The maximum atomic E-state index is 11.8. The number of amides is 1. The Bertz CT molecular complexity index is 274. The minimum Gasteiger partial charge on any atom is -0.391 e. The van der Waals surface area contributed by atoms with Gasteiger partial charge in [0.25, 0.3) is 0 Å². The monoisotopic (exact) mass is 241 g/mol. The third kappa shape index (κ3) is 3.42. The molecule has 0 saturated heterocycles. The fraction of sp³-hybridized carbons (Fsp3) is 0.923. The summed E-state index contributed by atoms with van der Waals surface area (Å²) in [5.41, 5.74) is -0.788. The molecule has 4 nitrogen and oxygen atoms in total. The zero-order valence-corrected chi connectivity index (χ0v) is 10.3. The second-order valence-electron chi connectivity index (χ2n) is 5.63. The van der Waals surface area contributed by atoms with Gasteiger partial charge in [0.2, 0.25) is 5.91 Å². The summed E-state index contributed by atoms with van der Waals surface area (Å²) in [6, 6.07) is -0.110. The minimum atomic E-state index is -0.788. The highest BCUT2D eigenvalue weighted by Gasteiger charge is 2.34. The summed E-state index contributed by atoms with van der Waals surface area (Å²) in [5, 5.41) is 22.8. The quantitative estimate of drug-likeness (QED) is 0.693. The van der Waals surface area contributed by atoms with E-state index in [9.17, 15) is 15.0 Å². The Morgan fingerprint density at radius 3 is 2.47 bits per heavy atom. The molecule has 98 valence electrons. The molecule has 2 saturated carbocycles. The van der Waals surface area contributed by atoms with E-state index in [0.29, 0.717) is 0 Å². The van der Waals surface area contributed by atoms with Crippen molar-refractivity contribution in [2.75, 3.05) is 0 Å². The molecule has 2 aliphatic carbocycles. The van der Waals surface area contributed by atoms with E-state index < -0.39 is 11.7 Å². The van der Waals surface area contributed by atoms with E-state index in [4.69, 9.17) is 0 Å². The summed E-state index contributed by atoms with van der Waals surface area (Å²) in [7, 11) is 0. The summed E-state index contributed by atoms with van der Waals surface area (Å²) < 4.78 is 0. The van der Waals surface area contributed by atoms with Crippen LogP contribution in [0.2, 0.25) is 0 Å². The molecule has 2 rings (SSSR count). The summed E-state index contributed by atoms with van der Waals surface area (Å²) in [6.07, 6.45) is 6.99. The predicted octanol–water partition coefficient (Wildman–Crippen LogP) is 1.10. The van der Waals surface area contributed by atoms with Crippen molar-refractivity contribution in [2.45, 2.75) is 75.5 Å². The van der Waals surface area contributed by atoms with Crippen LogP contribution in [0.1, 0.15) is 57.8 Å². The smallest absolute Gasteiger partial charge is 0.223 e. The first kappa shape index (κ1) is 12.8. The zero-order valence-electron chi connectivity index (χ0n) is 10.3. The van der Waals surface area contributed by atoms with Crippen LogP contribution in [0.5, 0.6) is 0 Å². The van der Waals surface area contributed by atoms with Crippen LogP contribution < -0.4 is 5.32 Å². The van der Waals surface area contributed by atoms with E-state index in [1.807, 2.05) is 0 Å². The maximum absolute atomic E-state index is 11.8. The van der Waals surface area contributed by atoms with Crippen LogP contribution in [-0.2, 0) is 4.79 Å². The van der Waals surface area contributed by atoms with E-state index in [1.165, 1.54) is 0 Å². The number of rotatable bonds is 3. The topological polar surface area (TPSA) is 69.6 Å². The SMILES string of the molecule is O=C(CC1(O)CCCC1)NC1CCCCC1O. The number of aliphatic hydroxyl groups excluding tert-OH is 1. The maximum Gasteiger partial charge on any atom is 0.223 e. The molecule has 0 aliphatic heterocycles. The number of hydrogen-bond acceptors (Lipinski definition) is 3. The Hall–Kier alpha value is -0.610. The van der Waals surface area contributed by atoms with Crippen molar-refractivity contribution in [3.63, 3.8) is 0 Å². The molecule has 0 aromatic rings. The second kappa shape index (κ2) is 5.36. The van der Waals surface area contributed by atoms with Crippen LogP contribution in [0.25, 0.3) is 0 Å². The first-order valence-electron chi connectivity index (χ1n) is 6.79. The molecule has 2 aliphatic rings. The van der Waals surface area contributed by atoms with Gasteiger partial charge >= 0.3 is 0 Å². The van der Waals surface area contributed by atoms with Gasteiger partial charge in [-0.05, 0) is 25.7 Å². The summed E-state index contributed by atoms with van der Waals surface area (Å²) in [6.45, 7) is 0. The van der Waals surface area contributed by atoms with Gasteiger partial charge in [0.1, 0.15) is 0 Å². The highest BCUT2D eigenvalue weighted by molar-refractivity contribution is 5.77. The molecule has 0 heterocycles. The van der Waals surface area contributed by atoms with Crippen LogP contribution in [0, 0.1) is 0 Å². The van der Waals surface area contributed by atoms with E-state index in [0.717, 1.165) is 51.4 Å². The van der Waals surface area contributed by atoms with Crippen LogP contribution in [0.3, 0.4) is 0 Å². The van der Waals surface area contributed by atoms with Gasteiger partial charge in [0.05, 0.1) is 24.2 Å². The third-order valence-corrected chi connectivity index (χ3v) is 4.10. The Kier molecular flexibility index (Phi) is 4.05. The van der Waals surface area contributed by atoms with Gasteiger partial charge in [0, 0.05) is 0 Å². The van der Waals surface area contributed by atoms with Gasteiger partial charge in [0.15, 0.2) is 0 Å². The first-order valence-corrected chi connectivity index (χ1v) is 6.79. The van der Waals surface area contributed by atoms with Crippen molar-refractivity contribution < 1.29 is 15.0 Å². The molecule has 0 aromatic carbocycles. The lowest BCUT2D eigenvalue weighted by molar-refractivity contribution is -0.127. The number of aliphatic hydroxyl groups is 2. The van der Waals surface area contributed by atoms with Crippen LogP contribution in [0.15, 0.2) is 0 Å². The van der Waals surface area contributed by atoms with Crippen LogP contribution in [0.4, 0.5) is 0 Å². The molecule has 2 fully saturated rings. The minimum absolute atomic E-state index is 0.110. The molecule has 1 amide bonds. The van der Waals surface area contributed by atoms with Crippen molar-refractivity contribution in [1.82, 2.24) is 5.32 Å². The Morgan fingerprint density at radius 2 is 1.82 bits per heavy atom. The molecule has 2 unspecified atom stereocenters. The van der Waals surface area contributed by atoms with E-state index in [2.05, 4.69) is 5.32 Å². The van der Waals surface area contributed by atoms with Gasteiger partial charge in [-0.2, -0.15) is 0 Å². The summed E-state index contributed by atoms with van der Waals surface area (Å²) >= 11 is 0. The average Bonchev–Trinajstić information content (AvgIpc) is 2.68. The Balaban J connectivity index is 1.80. The van der Waals surface area contributed by atoms with Gasteiger partial charge in [-0.25, -0.2) is 0 Å². The predicted molar refractivity (Wildman–Crippen MR) is 64.4 cm³/mol. The van der Waals surface area contributed by atoms with Gasteiger partial charge in [-0.15, -0.1) is 0 Å². The lowest BCUT2D eigenvalue weighted by Gasteiger charge is -2.30. The largest absolute Gasteiger partial charge is 0.391 e. The molecule has 2 atom stereocenters. The zero-order chi connectivity index (χ0) is 12.3. The van der Waals surface area contributed by atoms with E-state index in [1.54, 1.807) is 0 Å².